The molecule has 0 saturated heterocycles. The Labute approximate surface area is 232 Å². The van der Waals surface area contributed by atoms with Gasteiger partial charge in [-0.25, -0.2) is 0 Å². The van der Waals surface area contributed by atoms with Crippen LogP contribution < -0.4 is 15.8 Å². The van der Waals surface area contributed by atoms with Gasteiger partial charge in [-0.05, 0) is 67.4 Å². The van der Waals surface area contributed by atoms with Crippen LogP contribution in [-0.4, -0.2) is 16.1 Å². The third-order valence-electron chi connectivity index (χ3n) is 5.99. The lowest BCUT2D eigenvalue weighted by molar-refractivity contribution is -0.380. The van der Waals surface area contributed by atoms with Crippen LogP contribution in [0.15, 0.2) is 48.5 Å². The van der Waals surface area contributed by atoms with Gasteiger partial charge in [-0.1, -0.05) is 34.8 Å². The first-order valence-corrected chi connectivity index (χ1v) is 12.6. The van der Waals surface area contributed by atoms with E-state index in [1.165, 1.54) is 12.1 Å². The van der Waals surface area contributed by atoms with Crippen LogP contribution in [0.4, 0.5) is 17.1 Å². The van der Waals surface area contributed by atoms with E-state index >= 15 is 0 Å². The molecule has 3 aromatic carbocycles. The van der Waals surface area contributed by atoms with Crippen LogP contribution in [0.2, 0.25) is 15.1 Å². The highest BCUT2D eigenvalue weighted by Crippen LogP contribution is 2.65. The Morgan fingerprint density at radius 1 is 0.889 bits per heavy atom. The molecule has 1 saturated carbocycles. The zero-order chi connectivity index (χ0) is 26.4. The molecule has 1 aliphatic carbocycles. The Morgan fingerprint density at radius 2 is 1.56 bits per heavy atom. The Kier molecular flexibility index (Phi) is 7.56. The molecule has 186 valence electrons. The van der Waals surface area contributed by atoms with Crippen LogP contribution in [0.3, 0.4) is 0 Å². The van der Waals surface area contributed by atoms with Crippen LogP contribution in [0, 0.1) is 24.7 Å². The quantitative estimate of drug-likeness (QED) is 0.287. The number of benzene rings is 3. The molecule has 0 spiro atoms. The molecule has 0 radical (unpaired) electrons. The van der Waals surface area contributed by atoms with Gasteiger partial charge in [0.15, 0.2) is 0 Å². The van der Waals surface area contributed by atoms with Gasteiger partial charge in [-0.15, -0.1) is 23.2 Å². The predicted octanol–water partition coefficient (Wildman–Crippen LogP) is 6.52. The van der Waals surface area contributed by atoms with Crippen LogP contribution in [0.1, 0.15) is 33.0 Å². The summed E-state index contributed by atoms with van der Waals surface area (Å²) in [7, 11) is 0. The van der Waals surface area contributed by atoms with E-state index in [-0.39, 0.29) is 10.6 Å². The van der Waals surface area contributed by atoms with Crippen molar-refractivity contribution < 1.29 is 14.8 Å². The second-order valence-corrected chi connectivity index (χ2v) is 11.3. The maximum absolute atomic E-state index is 13.0. The van der Waals surface area contributed by atoms with E-state index in [1.807, 2.05) is 5.18 Å². The molecule has 6 nitrogen and oxygen atoms in total. The fraction of sp³-hybridized carbons (Fsp3) is 0.200. The van der Waals surface area contributed by atoms with E-state index in [9.17, 15) is 14.5 Å². The lowest BCUT2D eigenvalue weighted by Crippen LogP contribution is -2.56. The summed E-state index contributed by atoms with van der Waals surface area (Å²) >= 11 is 31.3. The summed E-state index contributed by atoms with van der Waals surface area (Å²) in [5.74, 6) is -2.18. The second-order valence-electron chi connectivity index (χ2n) is 8.55. The number of amides is 2. The molecule has 2 atom stereocenters. The molecule has 36 heavy (non-hydrogen) atoms. The minimum Gasteiger partial charge on any atom is -0.326 e. The van der Waals surface area contributed by atoms with Gasteiger partial charge in [0.25, 0.3) is 11.6 Å². The van der Waals surface area contributed by atoms with Gasteiger partial charge < -0.3 is 10.6 Å². The topological polar surface area (TPSA) is 89.2 Å². The van der Waals surface area contributed by atoms with Gasteiger partial charge in [-0.3, -0.25) is 9.59 Å². The normalized spacial score (nSPS) is 17.9. The van der Waals surface area contributed by atoms with Crippen molar-refractivity contribution in [3.63, 3.8) is 0 Å². The van der Waals surface area contributed by atoms with Crippen molar-refractivity contribution in [2.24, 2.45) is 5.92 Å². The first-order valence-electron chi connectivity index (χ1n) is 10.7. The van der Waals surface area contributed by atoms with E-state index in [1.54, 1.807) is 50.2 Å². The third kappa shape index (κ3) is 5.34. The monoisotopic (exact) mass is 584 g/mol. The summed E-state index contributed by atoms with van der Waals surface area (Å²) in [4.78, 5) is 37.1. The van der Waals surface area contributed by atoms with Crippen LogP contribution >= 0.6 is 58.0 Å². The van der Waals surface area contributed by atoms with Crippen molar-refractivity contribution in [3.05, 3.63) is 90.8 Å². The van der Waals surface area contributed by atoms with Gasteiger partial charge in [0.05, 0.1) is 16.5 Å². The van der Waals surface area contributed by atoms with Crippen molar-refractivity contribution in [2.75, 3.05) is 10.6 Å². The molecule has 0 bridgehead atoms. The minimum absolute atomic E-state index is 0.148. The highest BCUT2D eigenvalue weighted by Gasteiger charge is 2.67. The van der Waals surface area contributed by atoms with Crippen molar-refractivity contribution in [1.29, 1.82) is 0 Å². The van der Waals surface area contributed by atoms with Gasteiger partial charge in [0.2, 0.25) is 5.91 Å². The Balaban J connectivity index is 1.52. The van der Waals surface area contributed by atoms with E-state index in [0.29, 0.717) is 43.8 Å². The zero-order valence-electron chi connectivity index (χ0n) is 18.9. The number of anilines is 2. The van der Waals surface area contributed by atoms with E-state index in [0.717, 1.165) is 0 Å². The molecular weight excluding hydrogens is 568 g/mol. The van der Waals surface area contributed by atoms with E-state index in [4.69, 9.17) is 58.0 Å². The van der Waals surface area contributed by atoms with Crippen molar-refractivity contribution in [3.8, 4) is 0 Å². The van der Waals surface area contributed by atoms with Crippen LogP contribution in [-0.2, 0) is 4.79 Å². The number of carbonyl (C=O) groups excluding carboxylic acids is 2. The largest absolute Gasteiger partial charge is 0.326 e. The molecule has 11 heteroatoms. The average Bonchev–Trinajstić information content (AvgIpc) is 3.38. The lowest BCUT2D eigenvalue weighted by Gasteiger charge is -2.12. The number of hydrogen-bond acceptors (Lipinski definition) is 3. The second kappa shape index (κ2) is 10.2. The molecule has 2 unspecified atom stereocenters. The molecular formula is C25H19Cl5N3O3+. The number of nitrogens with one attached hydrogen (secondary N) is 3. The number of alkyl halides is 2. The highest BCUT2D eigenvalue weighted by atomic mass is 35.5. The fourth-order valence-electron chi connectivity index (χ4n) is 4.07. The first-order chi connectivity index (χ1) is 16.9. The van der Waals surface area contributed by atoms with Crippen molar-refractivity contribution in [2.45, 2.75) is 24.1 Å². The highest BCUT2D eigenvalue weighted by molar-refractivity contribution is 6.53. The number of carbonyl (C=O) groups is 2. The van der Waals surface area contributed by atoms with E-state index < -0.39 is 28.0 Å². The zero-order valence-corrected chi connectivity index (χ0v) is 22.7. The lowest BCUT2D eigenvalue weighted by atomic mass is 10.1. The Bertz CT molecular complexity index is 1390. The molecule has 4 rings (SSSR count). The fourth-order valence-corrected chi connectivity index (χ4v) is 5.64. The van der Waals surface area contributed by atoms with Crippen molar-refractivity contribution in [1.82, 2.24) is 0 Å². The molecule has 0 aliphatic heterocycles. The van der Waals surface area contributed by atoms with Gasteiger partial charge in [0, 0.05) is 49.1 Å². The van der Waals surface area contributed by atoms with Crippen LogP contribution in [0.25, 0.3) is 0 Å². The molecule has 0 heterocycles. The maximum Gasteiger partial charge on any atom is 0.257 e. The molecule has 0 aromatic heterocycles. The summed E-state index contributed by atoms with van der Waals surface area (Å²) in [6.45, 7) is 3.51. The summed E-state index contributed by atoms with van der Waals surface area (Å²) in [6, 6.07) is 12.8. The molecule has 3 N–H and O–H groups in total. The SMILES string of the molecule is Cc1cc([NH+]=O)c(C)cc1NC(=O)c1cc(NC(=O)C2C(c3cc(Cl)cc(Cl)c3)C2(Cl)Cl)ccc1Cl. The van der Waals surface area contributed by atoms with Crippen molar-refractivity contribution >= 4 is 86.9 Å². The van der Waals surface area contributed by atoms with Gasteiger partial charge in [-0.2, -0.15) is 0 Å². The molecule has 1 fully saturated rings. The van der Waals surface area contributed by atoms with Gasteiger partial charge >= 0.3 is 0 Å². The third-order valence-corrected chi connectivity index (χ3v) is 7.69. The Hall–Kier alpha value is -2.35. The average molecular weight is 587 g/mol. The first kappa shape index (κ1) is 26.7. The maximum atomic E-state index is 13.0. The summed E-state index contributed by atoms with van der Waals surface area (Å²) in [6.07, 6.45) is 0. The number of aryl methyl sites for hydroxylation is 2. The molecule has 1 aliphatic rings. The summed E-state index contributed by atoms with van der Waals surface area (Å²) in [5.41, 5.74) is 3.44. The summed E-state index contributed by atoms with van der Waals surface area (Å²) in [5, 5.41) is 8.42. The standard InChI is InChI=1S/C25H18Cl5N3O3/c1-11-6-20(33-36)12(2)5-19(11)32-23(34)17-10-16(3-4-18(17)28)31-24(35)22-21(25(22,29)30)13-7-14(26)9-15(27)8-13/h3-10,21-22H,1-2H3,(H,31,35)(H,32,34)/p+1. The van der Waals surface area contributed by atoms with Gasteiger partial charge in [0.1, 0.15) is 4.33 Å². The molecule has 2 amide bonds. The number of hydrogen-bond donors (Lipinski definition) is 3. The number of rotatable bonds is 6. The van der Waals surface area contributed by atoms with E-state index in [2.05, 4.69) is 10.6 Å². The minimum atomic E-state index is -1.34. The number of halogens is 5. The molecule has 3 aromatic rings. The summed E-state index contributed by atoms with van der Waals surface area (Å²) < 4.78 is -1.34. The van der Waals surface area contributed by atoms with Crippen LogP contribution in [0.5, 0.6) is 0 Å². The predicted molar refractivity (Wildman–Crippen MR) is 145 cm³/mol. The smallest absolute Gasteiger partial charge is 0.257 e. The number of nitroso groups, excluding NO2 is 1. The Morgan fingerprint density at radius 3 is 2.19 bits per heavy atom.